The van der Waals surface area contributed by atoms with Gasteiger partial charge >= 0.3 is 5.63 Å². The molecule has 3 rings (SSSR count). The summed E-state index contributed by atoms with van der Waals surface area (Å²) in [7, 11) is 0. The van der Waals surface area contributed by atoms with Crippen LogP contribution < -0.4 is 16.1 Å². The van der Waals surface area contributed by atoms with Crippen molar-refractivity contribution in [1.82, 2.24) is 0 Å². The fourth-order valence-electron chi connectivity index (χ4n) is 2.61. The van der Waals surface area contributed by atoms with Gasteiger partial charge in [-0.25, -0.2) is 4.79 Å². The maximum atomic E-state index is 12.3. The Morgan fingerprint density at radius 1 is 1.23 bits per heavy atom. The fraction of sp³-hybridized carbons (Fsp3) is 0.176. The normalized spacial score (nSPS) is 16.7. The number of rotatable bonds is 1. The minimum atomic E-state index is -0.578. The number of fused-ring (bicyclic) bond motifs is 1. The van der Waals surface area contributed by atoms with Crippen molar-refractivity contribution >= 4 is 0 Å². The minimum Gasteiger partial charge on any atom is -0.440 e. The third kappa shape index (κ3) is 2.15. The number of hydrogen-bond donors (Lipinski definition) is 1. The minimum absolute atomic E-state index is 0.0191. The van der Waals surface area contributed by atoms with E-state index in [0.29, 0.717) is 17.1 Å². The van der Waals surface area contributed by atoms with E-state index in [-0.39, 0.29) is 11.5 Å². The zero-order valence-electron chi connectivity index (χ0n) is 12.2. The molecule has 0 bridgehead atoms. The maximum Gasteiger partial charge on any atom is 0.343 e. The van der Waals surface area contributed by atoms with Gasteiger partial charge in [-0.1, -0.05) is 29.8 Å². The summed E-state index contributed by atoms with van der Waals surface area (Å²) in [6.45, 7) is 3.63. The van der Waals surface area contributed by atoms with Crippen LogP contribution in [0.2, 0.25) is 0 Å². The lowest BCUT2D eigenvalue weighted by Gasteiger charge is -2.25. The Labute approximate surface area is 127 Å². The summed E-state index contributed by atoms with van der Waals surface area (Å²) in [6, 6.07) is 11.3. The van der Waals surface area contributed by atoms with Gasteiger partial charge < -0.3 is 14.9 Å². The van der Waals surface area contributed by atoms with Crippen molar-refractivity contribution in [1.29, 1.82) is 5.26 Å². The molecule has 22 heavy (non-hydrogen) atoms. The lowest BCUT2D eigenvalue weighted by molar-refractivity contribution is 0.371. The molecule has 0 radical (unpaired) electrons. The van der Waals surface area contributed by atoms with Crippen LogP contribution in [0, 0.1) is 25.2 Å². The van der Waals surface area contributed by atoms with E-state index in [0.717, 1.165) is 11.1 Å². The summed E-state index contributed by atoms with van der Waals surface area (Å²) in [5.74, 6) is 0.215. The number of nitriles is 1. The van der Waals surface area contributed by atoms with E-state index in [1.54, 1.807) is 13.0 Å². The zero-order valence-corrected chi connectivity index (χ0v) is 12.2. The van der Waals surface area contributed by atoms with E-state index >= 15 is 0 Å². The second kappa shape index (κ2) is 5.08. The molecule has 110 valence electrons. The van der Waals surface area contributed by atoms with Crippen LogP contribution in [-0.4, -0.2) is 0 Å². The van der Waals surface area contributed by atoms with Gasteiger partial charge in [0.15, 0.2) is 0 Å². The molecule has 1 aliphatic heterocycles. The second-order valence-corrected chi connectivity index (χ2v) is 5.26. The van der Waals surface area contributed by atoms with Gasteiger partial charge in [0.2, 0.25) is 5.88 Å². The van der Waals surface area contributed by atoms with Crippen molar-refractivity contribution in [2.24, 2.45) is 5.73 Å². The largest absolute Gasteiger partial charge is 0.440 e. The Morgan fingerprint density at radius 3 is 2.55 bits per heavy atom. The summed E-state index contributed by atoms with van der Waals surface area (Å²) < 4.78 is 10.6. The third-order valence-electron chi connectivity index (χ3n) is 3.67. The Balaban J connectivity index is 2.29. The van der Waals surface area contributed by atoms with Crippen LogP contribution in [0.1, 0.15) is 28.4 Å². The number of ether oxygens (including phenoxy) is 1. The van der Waals surface area contributed by atoms with E-state index in [4.69, 9.17) is 14.9 Å². The van der Waals surface area contributed by atoms with Crippen molar-refractivity contribution in [2.45, 2.75) is 19.8 Å². The highest BCUT2D eigenvalue weighted by Crippen LogP contribution is 2.40. The molecule has 2 heterocycles. The highest BCUT2D eigenvalue weighted by molar-refractivity contribution is 5.54. The molecule has 2 N–H and O–H groups in total. The number of hydrogen-bond acceptors (Lipinski definition) is 5. The quantitative estimate of drug-likeness (QED) is 0.872. The Bertz CT molecular complexity index is 870. The van der Waals surface area contributed by atoms with Gasteiger partial charge in [0, 0.05) is 6.07 Å². The first-order valence-corrected chi connectivity index (χ1v) is 6.80. The molecule has 5 heteroatoms. The first-order chi connectivity index (χ1) is 10.5. The van der Waals surface area contributed by atoms with Crippen molar-refractivity contribution in [3.63, 3.8) is 0 Å². The van der Waals surface area contributed by atoms with Gasteiger partial charge in [0.25, 0.3) is 0 Å². The highest BCUT2D eigenvalue weighted by atomic mass is 16.5. The van der Waals surface area contributed by atoms with Crippen molar-refractivity contribution in [3.8, 4) is 11.8 Å². The number of allylic oxidation sites excluding steroid dienone is 1. The predicted octanol–water partition coefficient (Wildman–Crippen LogP) is 2.47. The fourth-order valence-corrected chi connectivity index (χ4v) is 2.61. The summed E-state index contributed by atoms with van der Waals surface area (Å²) in [5, 5.41) is 9.42. The van der Waals surface area contributed by atoms with E-state index in [1.165, 1.54) is 0 Å². The van der Waals surface area contributed by atoms with E-state index < -0.39 is 11.5 Å². The van der Waals surface area contributed by atoms with Gasteiger partial charge in [0.05, 0.1) is 11.5 Å². The SMILES string of the molecule is Cc1ccc([C@H]2C(C#N)=C(N)Oc3cc(C)oc(=O)c32)cc1. The first kappa shape index (κ1) is 14.0. The molecular weight excluding hydrogens is 280 g/mol. The molecular formula is C17H14N2O3. The van der Waals surface area contributed by atoms with Crippen molar-refractivity contribution in [3.05, 3.63) is 74.7 Å². The lowest BCUT2D eigenvalue weighted by atomic mass is 9.84. The summed E-state index contributed by atoms with van der Waals surface area (Å²) in [6.07, 6.45) is 0. The summed E-state index contributed by atoms with van der Waals surface area (Å²) >= 11 is 0. The van der Waals surface area contributed by atoms with Crippen molar-refractivity contribution < 1.29 is 9.15 Å². The average molecular weight is 294 g/mol. The van der Waals surface area contributed by atoms with Crippen LogP contribution in [0.15, 0.2) is 51.0 Å². The lowest BCUT2D eigenvalue weighted by Crippen LogP contribution is -2.26. The van der Waals surface area contributed by atoms with E-state index in [1.807, 2.05) is 37.3 Å². The van der Waals surface area contributed by atoms with Crippen LogP contribution in [0.25, 0.3) is 0 Å². The molecule has 0 saturated carbocycles. The monoisotopic (exact) mass is 294 g/mol. The van der Waals surface area contributed by atoms with Crippen molar-refractivity contribution in [2.75, 3.05) is 0 Å². The smallest absolute Gasteiger partial charge is 0.343 e. The summed E-state index contributed by atoms with van der Waals surface area (Å²) in [4.78, 5) is 12.3. The average Bonchev–Trinajstić information content (AvgIpc) is 2.46. The molecule has 0 aliphatic carbocycles. The molecule has 0 amide bonds. The molecule has 1 aromatic carbocycles. The molecule has 0 fully saturated rings. The third-order valence-corrected chi connectivity index (χ3v) is 3.67. The van der Waals surface area contributed by atoms with Gasteiger partial charge in [-0.3, -0.25) is 0 Å². The van der Waals surface area contributed by atoms with E-state index in [2.05, 4.69) is 0 Å². The molecule has 1 aromatic heterocycles. The van der Waals surface area contributed by atoms with Crippen LogP contribution in [0.5, 0.6) is 5.75 Å². The van der Waals surface area contributed by atoms with Crippen LogP contribution in [0.4, 0.5) is 0 Å². The van der Waals surface area contributed by atoms with Crippen LogP contribution in [-0.2, 0) is 0 Å². The Hall–Kier alpha value is -3.00. The first-order valence-electron chi connectivity index (χ1n) is 6.80. The van der Waals surface area contributed by atoms with Crippen LogP contribution >= 0.6 is 0 Å². The molecule has 2 aromatic rings. The highest BCUT2D eigenvalue weighted by Gasteiger charge is 2.34. The van der Waals surface area contributed by atoms with Gasteiger partial charge in [-0.2, -0.15) is 5.26 Å². The molecule has 1 atom stereocenters. The van der Waals surface area contributed by atoms with E-state index in [9.17, 15) is 10.1 Å². The van der Waals surface area contributed by atoms with Gasteiger partial charge in [-0.05, 0) is 19.4 Å². The number of benzene rings is 1. The second-order valence-electron chi connectivity index (χ2n) is 5.26. The standard InChI is InChI=1S/C17H14N2O3/c1-9-3-5-11(6-4-9)14-12(8-18)16(19)22-13-7-10(2)21-17(20)15(13)14/h3-7,14H,19H2,1-2H3/t14-/m0/s1. The molecule has 1 aliphatic rings. The zero-order chi connectivity index (χ0) is 15.9. The number of aryl methyl sites for hydroxylation is 2. The predicted molar refractivity (Wildman–Crippen MR) is 80.2 cm³/mol. The van der Waals surface area contributed by atoms with Gasteiger partial charge in [-0.15, -0.1) is 0 Å². The molecule has 0 unspecified atom stereocenters. The van der Waals surface area contributed by atoms with Crippen LogP contribution in [0.3, 0.4) is 0 Å². The maximum absolute atomic E-state index is 12.3. The molecule has 0 spiro atoms. The molecule has 5 nitrogen and oxygen atoms in total. The Morgan fingerprint density at radius 2 is 1.91 bits per heavy atom. The van der Waals surface area contributed by atoms with Gasteiger partial charge in [0.1, 0.15) is 23.2 Å². The topological polar surface area (TPSA) is 89.2 Å². The number of nitrogens with two attached hydrogens (primary N) is 1. The number of nitrogens with zero attached hydrogens (tertiary/aromatic N) is 1. The molecule has 0 saturated heterocycles. The Kier molecular flexibility index (Phi) is 3.22. The summed E-state index contributed by atoms with van der Waals surface area (Å²) in [5.41, 5.74) is 7.75.